The first-order valence-corrected chi connectivity index (χ1v) is 7.21. The number of hydrogen-bond donors (Lipinski definition) is 2. The van der Waals surface area contributed by atoms with Gasteiger partial charge in [0.15, 0.2) is 0 Å². The number of anilines is 1. The molecule has 1 amide bonds. The van der Waals surface area contributed by atoms with Crippen LogP contribution in [-0.2, 0) is 4.79 Å². The predicted octanol–water partition coefficient (Wildman–Crippen LogP) is 1.45. The SMILES string of the molecule is CN(CC(=O)NCC1CCCC1O)c1ccc(Cl)cn1. The van der Waals surface area contributed by atoms with E-state index >= 15 is 0 Å². The summed E-state index contributed by atoms with van der Waals surface area (Å²) in [6, 6.07) is 3.52. The number of amides is 1. The van der Waals surface area contributed by atoms with Gasteiger partial charge in [-0.25, -0.2) is 4.98 Å². The molecular formula is C14H20ClN3O2. The number of nitrogens with one attached hydrogen (secondary N) is 1. The number of aliphatic hydroxyl groups is 1. The van der Waals surface area contributed by atoms with Gasteiger partial charge < -0.3 is 15.3 Å². The molecule has 1 aromatic rings. The van der Waals surface area contributed by atoms with Crippen LogP contribution in [0.1, 0.15) is 19.3 Å². The maximum Gasteiger partial charge on any atom is 0.239 e. The van der Waals surface area contributed by atoms with Crippen molar-refractivity contribution in [2.24, 2.45) is 5.92 Å². The molecule has 1 aliphatic carbocycles. The number of nitrogens with zero attached hydrogens (tertiary/aromatic N) is 2. The fraction of sp³-hybridized carbons (Fsp3) is 0.571. The number of aliphatic hydroxyl groups excluding tert-OH is 1. The van der Waals surface area contributed by atoms with E-state index < -0.39 is 0 Å². The molecule has 0 bridgehead atoms. The van der Waals surface area contributed by atoms with Crippen molar-refractivity contribution in [3.63, 3.8) is 0 Å². The predicted molar refractivity (Wildman–Crippen MR) is 78.9 cm³/mol. The second-order valence-corrected chi connectivity index (χ2v) is 5.69. The van der Waals surface area contributed by atoms with E-state index in [0.717, 1.165) is 19.3 Å². The average Bonchev–Trinajstić information content (AvgIpc) is 2.82. The second kappa shape index (κ2) is 6.90. The van der Waals surface area contributed by atoms with Gasteiger partial charge in [0, 0.05) is 25.7 Å². The molecule has 2 rings (SSSR count). The van der Waals surface area contributed by atoms with Gasteiger partial charge >= 0.3 is 0 Å². The van der Waals surface area contributed by atoms with Crippen molar-refractivity contribution in [1.82, 2.24) is 10.3 Å². The Balaban J connectivity index is 1.77. The minimum Gasteiger partial charge on any atom is -0.393 e. The minimum absolute atomic E-state index is 0.0663. The number of carbonyl (C=O) groups excluding carboxylic acids is 1. The normalized spacial score (nSPS) is 21.8. The molecule has 1 heterocycles. The van der Waals surface area contributed by atoms with Crippen LogP contribution in [0.5, 0.6) is 0 Å². The second-order valence-electron chi connectivity index (χ2n) is 5.25. The lowest BCUT2D eigenvalue weighted by Gasteiger charge is -2.19. The number of likely N-dealkylation sites (N-methyl/N-ethyl adjacent to an activating group) is 1. The quantitative estimate of drug-likeness (QED) is 0.863. The maximum atomic E-state index is 11.9. The number of aromatic nitrogens is 1. The van der Waals surface area contributed by atoms with Gasteiger partial charge in [0.05, 0.1) is 17.7 Å². The van der Waals surface area contributed by atoms with E-state index in [-0.39, 0.29) is 24.5 Å². The van der Waals surface area contributed by atoms with Crippen molar-refractivity contribution in [1.29, 1.82) is 0 Å². The summed E-state index contributed by atoms with van der Waals surface area (Å²) in [5, 5.41) is 13.1. The first-order valence-electron chi connectivity index (χ1n) is 6.83. The number of halogens is 1. The number of rotatable bonds is 5. The fourth-order valence-electron chi connectivity index (χ4n) is 2.45. The van der Waals surface area contributed by atoms with Crippen molar-refractivity contribution < 1.29 is 9.90 Å². The van der Waals surface area contributed by atoms with Crippen LogP contribution in [0.15, 0.2) is 18.3 Å². The summed E-state index contributed by atoms with van der Waals surface area (Å²) in [7, 11) is 1.81. The third-order valence-corrected chi connectivity index (χ3v) is 3.89. The molecule has 0 aliphatic heterocycles. The van der Waals surface area contributed by atoms with E-state index in [0.29, 0.717) is 17.4 Å². The van der Waals surface area contributed by atoms with E-state index in [4.69, 9.17) is 11.6 Å². The summed E-state index contributed by atoms with van der Waals surface area (Å²) in [5.74, 6) is 0.826. The average molecular weight is 298 g/mol. The zero-order valence-corrected chi connectivity index (χ0v) is 12.3. The Labute approximate surface area is 123 Å². The highest BCUT2D eigenvalue weighted by Crippen LogP contribution is 2.24. The number of pyridine rings is 1. The molecule has 1 saturated carbocycles. The Morgan fingerprint density at radius 3 is 2.95 bits per heavy atom. The fourth-order valence-corrected chi connectivity index (χ4v) is 2.56. The molecule has 2 N–H and O–H groups in total. The smallest absolute Gasteiger partial charge is 0.239 e. The first-order chi connectivity index (χ1) is 9.56. The number of hydrogen-bond acceptors (Lipinski definition) is 4. The highest BCUT2D eigenvalue weighted by Gasteiger charge is 2.25. The van der Waals surface area contributed by atoms with Crippen LogP contribution < -0.4 is 10.2 Å². The van der Waals surface area contributed by atoms with Gasteiger partial charge in [0.25, 0.3) is 0 Å². The Bertz CT molecular complexity index is 452. The Morgan fingerprint density at radius 2 is 2.35 bits per heavy atom. The van der Waals surface area contributed by atoms with Gasteiger partial charge in [-0.15, -0.1) is 0 Å². The van der Waals surface area contributed by atoms with Crippen molar-refractivity contribution >= 4 is 23.3 Å². The van der Waals surface area contributed by atoms with Crippen molar-refractivity contribution in [2.75, 3.05) is 25.0 Å². The third kappa shape index (κ3) is 4.08. The van der Waals surface area contributed by atoms with E-state index in [9.17, 15) is 9.90 Å². The van der Waals surface area contributed by atoms with Crippen molar-refractivity contribution in [3.8, 4) is 0 Å². The maximum absolute atomic E-state index is 11.9. The van der Waals surface area contributed by atoms with Crippen LogP contribution in [0.2, 0.25) is 5.02 Å². The summed E-state index contributed by atoms with van der Waals surface area (Å²) < 4.78 is 0. The van der Waals surface area contributed by atoms with Crippen molar-refractivity contribution in [3.05, 3.63) is 23.4 Å². The highest BCUT2D eigenvalue weighted by molar-refractivity contribution is 6.30. The topological polar surface area (TPSA) is 65.5 Å². The molecule has 6 heteroatoms. The van der Waals surface area contributed by atoms with Crippen LogP contribution in [0.4, 0.5) is 5.82 Å². The Kier molecular flexibility index (Phi) is 5.20. The Morgan fingerprint density at radius 1 is 1.55 bits per heavy atom. The Hall–Kier alpha value is -1.33. The lowest BCUT2D eigenvalue weighted by atomic mass is 10.1. The molecule has 110 valence electrons. The lowest BCUT2D eigenvalue weighted by molar-refractivity contribution is -0.120. The van der Waals surface area contributed by atoms with E-state index in [2.05, 4.69) is 10.3 Å². The molecule has 0 aromatic carbocycles. The molecule has 1 aliphatic rings. The van der Waals surface area contributed by atoms with Gasteiger partial charge in [-0.3, -0.25) is 4.79 Å². The van der Waals surface area contributed by atoms with Gasteiger partial charge in [-0.05, 0) is 25.0 Å². The molecule has 0 spiro atoms. The summed E-state index contributed by atoms with van der Waals surface area (Å²) >= 11 is 5.77. The van der Waals surface area contributed by atoms with Crippen LogP contribution in [0.25, 0.3) is 0 Å². The van der Waals surface area contributed by atoms with E-state index in [1.807, 2.05) is 0 Å². The minimum atomic E-state index is -0.272. The molecule has 1 aromatic heterocycles. The zero-order valence-electron chi connectivity index (χ0n) is 11.6. The van der Waals surface area contributed by atoms with E-state index in [1.165, 1.54) is 0 Å². The van der Waals surface area contributed by atoms with Crippen LogP contribution in [-0.4, -0.2) is 42.2 Å². The molecule has 0 saturated heterocycles. The van der Waals surface area contributed by atoms with Gasteiger partial charge in [0.2, 0.25) is 5.91 Å². The number of carbonyl (C=O) groups is 1. The van der Waals surface area contributed by atoms with Gasteiger partial charge in [-0.2, -0.15) is 0 Å². The zero-order chi connectivity index (χ0) is 14.5. The molecular weight excluding hydrogens is 278 g/mol. The summed E-state index contributed by atoms with van der Waals surface area (Å²) in [6.45, 7) is 0.777. The molecule has 2 atom stereocenters. The largest absolute Gasteiger partial charge is 0.393 e. The van der Waals surface area contributed by atoms with Crippen LogP contribution in [0, 0.1) is 5.92 Å². The lowest BCUT2D eigenvalue weighted by Crippen LogP contribution is -2.39. The summed E-state index contributed by atoms with van der Waals surface area (Å²) in [6.07, 6.45) is 4.15. The van der Waals surface area contributed by atoms with Gasteiger partial charge in [0.1, 0.15) is 5.82 Å². The van der Waals surface area contributed by atoms with E-state index in [1.54, 1.807) is 30.3 Å². The monoisotopic (exact) mass is 297 g/mol. The molecule has 5 nitrogen and oxygen atoms in total. The molecule has 1 fully saturated rings. The summed E-state index contributed by atoms with van der Waals surface area (Å²) in [5.41, 5.74) is 0. The molecule has 0 radical (unpaired) electrons. The summed E-state index contributed by atoms with van der Waals surface area (Å²) in [4.78, 5) is 17.8. The van der Waals surface area contributed by atoms with Crippen molar-refractivity contribution in [2.45, 2.75) is 25.4 Å². The molecule has 20 heavy (non-hydrogen) atoms. The standard InChI is InChI=1S/C14H20ClN3O2/c1-18(13-6-5-11(15)8-16-13)9-14(20)17-7-10-3-2-4-12(10)19/h5-6,8,10,12,19H,2-4,7,9H2,1H3,(H,17,20). The third-order valence-electron chi connectivity index (χ3n) is 3.66. The van der Waals surface area contributed by atoms with Crippen LogP contribution in [0.3, 0.4) is 0 Å². The van der Waals surface area contributed by atoms with Gasteiger partial charge in [-0.1, -0.05) is 18.0 Å². The first kappa shape index (κ1) is 15.1. The highest BCUT2D eigenvalue weighted by atomic mass is 35.5. The van der Waals surface area contributed by atoms with Crippen LogP contribution >= 0.6 is 11.6 Å². The molecule has 2 unspecified atom stereocenters.